The number of sulfonamides is 1. The van der Waals surface area contributed by atoms with Gasteiger partial charge in [-0.2, -0.15) is 4.31 Å². The van der Waals surface area contributed by atoms with Crippen molar-refractivity contribution in [2.75, 3.05) is 25.9 Å². The van der Waals surface area contributed by atoms with E-state index in [0.29, 0.717) is 50.7 Å². The summed E-state index contributed by atoms with van der Waals surface area (Å²) in [7, 11) is -3.36. The number of pyridine rings is 1. The van der Waals surface area contributed by atoms with Crippen LogP contribution < -0.4 is 0 Å². The number of nitrogens with zero attached hydrogens (tertiary/aromatic N) is 6. The molecule has 0 radical (unpaired) electrons. The van der Waals surface area contributed by atoms with Crippen molar-refractivity contribution in [3.05, 3.63) is 41.5 Å². The Morgan fingerprint density at radius 2 is 2.00 bits per heavy atom. The molecule has 2 aromatic heterocycles. The first-order chi connectivity index (χ1) is 13.9. The lowest BCUT2D eigenvalue weighted by Gasteiger charge is -2.33. The number of piperidine rings is 1. The number of hydrogen-bond acceptors (Lipinski definition) is 6. The maximum Gasteiger partial charge on any atom is 0.257 e. The zero-order chi connectivity index (χ0) is 20.6. The van der Waals surface area contributed by atoms with Crippen molar-refractivity contribution < 1.29 is 17.6 Å². The normalized spacial score (nSPS) is 20.9. The van der Waals surface area contributed by atoms with E-state index < -0.39 is 15.8 Å². The zero-order valence-electron chi connectivity index (χ0n) is 16.2. The second-order valence-corrected chi connectivity index (χ2v) is 9.34. The van der Waals surface area contributed by atoms with Crippen molar-refractivity contribution in [3.63, 3.8) is 0 Å². The molecule has 1 atom stereocenters. The van der Waals surface area contributed by atoms with E-state index in [4.69, 9.17) is 0 Å². The molecule has 2 aliphatic heterocycles. The van der Waals surface area contributed by atoms with E-state index in [2.05, 4.69) is 15.2 Å². The van der Waals surface area contributed by atoms with Crippen molar-refractivity contribution >= 4 is 15.9 Å². The number of rotatable bonds is 3. The van der Waals surface area contributed by atoms with Gasteiger partial charge in [0, 0.05) is 38.8 Å². The van der Waals surface area contributed by atoms with E-state index >= 15 is 0 Å². The second-order valence-electron chi connectivity index (χ2n) is 7.41. The van der Waals surface area contributed by atoms with E-state index in [9.17, 15) is 17.6 Å². The molecule has 29 heavy (non-hydrogen) atoms. The molecule has 2 aliphatic rings. The van der Waals surface area contributed by atoms with E-state index in [1.807, 2.05) is 4.57 Å². The number of fused-ring (bicyclic) bond motifs is 1. The van der Waals surface area contributed by atoms with Gasteiger partial charge >= 0.3 is 0 Å². The summed E-state index contributed by atoms with van der Waals surface area (Å²) in [6.45, 7) is 1.66. The van der Waals surface area contributed by atoms with Gasteiger partial charge in [-0.3, -0.25) is 9.78 Å². The van der Waals surface area contributed by atoms with Crippen LogP contribution in [0.25, 0.3) is 0 Å². The quantitative estimate of drug-likeness (QED) is 0.731. The predicted octanol–water partition coefficient (Wildman–Crippen LogP) is 0.997. The first kappa shape index (κ1) is 19.9. The lowest BCUT2D eigenvalue weighted by Crippen LogP contribution is -2.39. The van der Waals surface area contributed by atoms with Gasteiger partial charge in [0.15, 0.2) is 11.6 Å². The van der Waals surface area contributed by atoms with Gasteiger partial charge in [-0.1, -0.05) is 6.42 Å². The van der Waals surface area contributed by atoms with Gasteiger partial charge in [0.05, 0.1) is 24.1 Å². The first-order valence-electron chi connectivity index (χ1n) is 9.64. The summed E-state index contributed by atoms with van der Waals surface area (Å²) in [4.78, 5) is 18.0. The van der Waals surface area contributed by atoms with Crippen LogP contribution in [-0.2, 0) is 23.0 Å². The summed E-state index contributed by atoms with van der Waals surface area (Å²) in [6, 6.07) is 1.03. The summed E-state index contributed by atoms with van der Waals surface area (Å²) in [6.07, 6.45) is 6.54. The molecule has 1 saturated heterocycles. The lowest BCUT2D eigenvalue weighted by atomic mass is 10.0. The molecule has 2 aromatic rings. The van der Waals surface area contributed by atoms with Crippen LogP contribution in [0.15, 0.2) is 18.5 Å². The Morgan fingerprint density at radius 1 is 1.17 bits per heavy atom. The standard InChI is InChI=1S/C18H23FN6O3S/c1-29(27,28)25-8-3-2-4-15(25)17-22-21-16-6-9-23(10-11-24(16)17)18(26)13-5-7-20-12-14(13)19/h5,7,12,15H,2-4,6,8-11H2,1H3. The predicted molar refractivity (Wildman–Crippen MR) is 102 cm³/mol. The smallest absolute Gasteiger partial charge is 0.257 e. The van der Waals surface area contributed by atoms with Crippen LogP contribution in [0.2, 0.25) is 0 Å². The fourth-order valence-electron chi connectivity index (χ4n) is 4.07. The lowest BCUT2D eigenvalue weighted by molar-refractivity contribution is 0.0753. The Bertz CT molecular complexity index is 1020. The van der Waals surface area contributed by atoms with E-state index in [1.165, 1.54) is 22.8 Å². The summed E-state index contributed by atoms with van der Waals surface area (Å²) in [5.41, 5.74) is -0.00609. The van der Waals surface area contributed by atoms with Gasteiger partial charge in [0.25, 0.3) is 5.91 Å². The number of halogens is 1. The molecule has 1 amide bonds. The number of aromatic nitrogens is 4. The highest BCUT2D eigenvalue weighted by Crippen LogP contribution is 2.32. The highest BCUT2D eigenvalue weighted by molar-refractivity contribution is 7.88. The van der Waals surface area contributed by atoms with Gasteiger partial charge in [0.1, 0.15) is 5.82 Å². The Kier molecular flexibility index (Phi) is 5.34. The Labute approximate surface area is 168 Å². The van der Waals surface area contributed by atoms with Crippen LogP contribution in [0.3, 0.4) is 0 Å². The highest BCUT2D eigenvalue weighted by atomic mass is 32.2. The van der Waals surface area contributed by atoms with Crippen LogP contribution in [0, 0.1) is 5.82 Å². The van der Waals surface area contributed by atoms with Crippen molar-refractivity contribution in [3.8, 4) is 0 Å². The van der Waals surface area contributed by atoms with E-state index in [-0.39, 0.29) is 17.5 Å². The molecular formula is C18H23FN6O3S. The molecule has 0 aliphatic carbocycles. The first-order valence-corrected chi connectivity index (χ1v) is 11.5. The molecule has 0 spiro atoms. The van der Waals surface area contributed by atoms with Crippen LogP contribution in [0.1, 0.15) is 47.3 Å². The highest BCUT2D eigenvalue weighted by Gasteiger charge is 2.35. The average Bonchev–Trinajstić information content (AvgIpc) is 2.98. The molecule has 1 fully saturated rings. The van der Waals surface area contributed by atoms with Gasteiger partial charge in [0.2, 0.25) is 10.0 Å². The van der Waals surface area contributed by atoms with E-state index in [1.54, 1.807) is 4.90 Å². The fourth-order valence-corrected chi connectivity index (χ4v) is 5.20. The minimum Gasteiger partial charge on any atom is -0.336 e. The average molecular weight is 422 g/mol. The molecule has 4 heterocycles. The summed E-state index contributed by atoms with van der Waals surface area (Å²) in [5.74, 6) is 0.299. The Hall–Kier alpha value is -2.40. The van der Waals surface area contributed by atoms with Crippen molar-refractivity contribution in [1.82, 2.24) is 29.0 Å². The van der Waals surface area contributed by atoms with Crippen molar-refractivity contribution in [2.24, 2.45) is 0 Å². The third kappa shape index (κ3) is 3.88. The van der Waals surface area contributed by atoms with Crippen LogP contribution in [-0.4, -0.2) is 69.2 Å². The molecule has 0 N–H and O–H groups in total. The van der Waals surface area contributed by atoms with Crippen LogP contribution in [0.4, 0.5) is 4.39 Å². The number of amides is 1. The molecule has 4 rings (SSSR count). The molecule has 9 nitrogen and oxygen atoms in total. The van der Waals surface area contributed by atoms with Crippen LogP contribution in [0.5, 0.6) is 0 Å². The number of hydrogen-bond donors (Lipinski definition) is 0. The molecule has 156 valence electrons. The summed E-state index contributed by atoms with van der Waals surface area (Å²) in [5, 5.41) is 8.57. The Balaban J connectivity index is 1.57. The Morgan fingerprint density at radius 3 is 2.76 bits per heavy atom. The zero-order valence-corrected chi connectivity index (χ0v) is 17.0. The fraction of sp³-hybridized carbons (Fsp3) is 0.556. The largest absolute Gasteiger partial charge is 0.336 e. The molecule has 0 saturated carbocycles. The second kappa shape index (κ2) is 7.79. The topological polar surface area (TPSA) is 101 Å². The van der Waals surface area contributed by atoms with Crippen molar-refractivity contribution in [2.45, 2.75) is 38.3 Å². The third-order valence-corrected chi connectivity index (χ3v) is 6.81. The third-order valence-electron chi connectivity index (χ3n) is 5.52. The number of carbonyl (C=O) groups is 1. The molecule has 0 aromatic carbocycles. The minimum absolute atomic E-state index is 0.00609. The molecule has 1 unspecified atom stereocenters. The number of carbonyl (C=O) groups excluding carboxylic acids is 1. The van der Waals surface area contributed by atoms with Gasteiger partial charge in [-0.05, 0) is 18.9 Å². The SMILES string of the molecule is CS(=O)(=O)N1CCCCC1c1nnc2n1CCN(C(=O)c1ccncc1F)CC2. The molecule has 0 bridgehead atoms. The maximum atomic E-state index is 14.0. The minimum atomic E-state index is -3.36. The molecular weight excluding hydrogens is 399 g/mol. The van der Waals surface area contributed by atoms with E-state index in [0.717, 1.165) is 19.0 Å². The van der Waals surface area contributed by atoms with Gasteiger partial charge in [-0.25, -0.2) is 12.8 Å². The van der Waals surface area contributed by atoms with Crippen LogP contribution >= 0.6 is 0 Å². The maximum absolute atomic E-state index is 14.0. The van der Waals surface area contributed by atoms with Gasteiger partial charge < -0.3 is 9.47 Å². The van der Waals surface area contributed by atoms with Gasteiger partial charge in [-0.15, -0.1) is 10.2 Å². The monoisotopic (exact) mass is 422 g/mol. The summed E-state index contributed by atoms with van der Waals surface area (Å²) < 4.78 is 41.8. The van der Waals surface area contributed by atoms with Crippen molar-refractivity contribution in [1.29, 1.82) is 0 Å². The molecule has 11 heteroatoms. The summed E-state index contributed by atoms with van der Waals surface area (Å²) >= 11 is 0.